The van der Waals surface area contributed by atoms with Gasteiger partial charge in [0.1, 0.15) is 0 Å². The van der Waals surface area contributed by atoms with Crippen molar-refractivity contribution >= 4 is 21.8 Å². The largest absolute Gasteiger partial charge is 0.356 e. The molecule has 3 aliphatic rings. The Morgan fingerprint density at radius 2 is 1.84 bits per heavy atom. The lowest BCUT2D eigenvalue weighted by Gasteiger charge is -2.26. The van der Waals surface area contributed by atoms with Crippen molar-refractivity contribution in [3.05, 3.63) is 0 Å². The van der Waals surface area contributed by atoms with Gasteiger partial charge < -0.3 is 5.32 Å². The summed E-state index contributed by atoms with van der Waals surface area (Å²) in [6.07, 6.45) is 11.4. The molecule has 108 valence electrons. The van der Waals surface area contributed by atoms with Gasteiger partial charge in [-0.2, -0.15) is 0 Å². The summed E-state index contributed by atoms with van der Waals surface area (Å²) in [5.41, 5.74) is 0. The Labute approximate surface area is 125 Å². The maximum Gasteiger partial charge on any atom is 0.220 e. The fraction of sp³-hybridized carbons (Fsp3) is 0.938. The summed E-state index contributed by atoms with van der Waals surface area (Å²) in [6.45, 7) is 0.916. The molecule has 19 heavy (non-hydrogen) atoms. The number of hydrogen-bond acceptors (Lipinski definition) is 1. The van der Waals surface area contributed by atoms with E-state index in [1.807, 2.05) is 0 Å². The van der Waals surface area contributed by atoms with Crippen LogP contribution in [0.2, 0.25) is 0 Å². The van der Waals surface area contributed by atoms with Gasteiger partial charge in [-0.05, 0) is 68.6 Å². The minimum atomic E-state index is 0.318. The van der Waals surface area contributed by atoms with Crippen molar-refractivity contribution in [1.29, 1.82) is 0 Å². The molecule has 0 aromatic rings. The molecule has 3 saturated carbocycles. The van der Waals surface area contributed by atoms with Crippen LogP contribution >= 0.6 is 15.9 Å². The maximum absolute atomic E-state index is 12.1. The number of amides is 1. The highest BCUT2D eigenvalue weighted by atomic mass is 79.9. The Balaban J connectivity index is 1.35. The summed E-state index contributed by atoms with van der Waals surface area (Å²) >= 11 is 3.69. The number of rotatable bonds is 4. The van der Waals surface area contributed by atoms with Crippen molar-refractivity contribution in [3.63, 3.8) is 0 Å². The fourth-order valence-electron chi connectivity index (χ4n) is 4.52. The Morgan fingerprint density at radius 3 is 2.47 bits per heavy atom. The number of nitrogens with one attached hydrogen (secondary N) is 1. The molecule has 0 radical (unpaired) electrons. The minimum absolute atomic E-state index is 0.318. The minimum Gasteiger partial charge on any atom is -0.356 e. The van der Waals surface area contributed by atoms with Crippen LogP contribution in [-0.4, -0.2) is 17.3 Å². The first kappa shape index (κ1) is 13.9. The number of alkyl halides is 1. The highest BCUT2D eigenvalue weighted by Crippen LogP contribution is 2.49. The Morgan fingerprint density at radius 1 is 1.05 bits per heavy atom. The second-order valence-electron chi connectivity index (χ2n) is 7.06. The molecule has 0 aromatic carbocycles. The predicted molar refractivity (Wildman–Crippen MR) is 81.2 cm³/mol. The fourth-order valence-corrected chi connectivity index (χ4v) is 5.05. The summed E-state index contributed by atoms with van der Waals surface area (Å²) < 4.78 is 0. The molecular formula is C16H26BrNO. The van der Waals surface area contributed by atoms with Crippen LogP contribution in [0, 0.1) is 23.7 Å². The third-order valence-corrected chi connectivity index (χ3v) is 6.61. The first-order valence-electron chi connectivity index (χ1n) is 8.11. The number of hydrogen-bond donors (Lipinski definition) is 1. The van der Waals surface area contributed by atoms with Crippen LogP contribution in [0.5, 0.6) is 0 Å². The van der Waals surface area contributed by atoms with E-state index in [4.69, 9.17) is 0 Å². The second kappa shape index (κ2) is 6.15. The molecule has 3 aliphatic carbocycles. The van der Waals surface area contributed by atoms with Crippen molar-refractivity contribution in [1.82, 2.24) is 5.32 Å². The highest BCUT2D eigenvalue weighted by molar-refractivity contribution is 9.09. The van der Waals surface area contributed by atoms with E-state index in [9.17, 15) is 4.79 Å². The molecule has 3 fully saturated rings. The molecule has 3 rings (SSSR count). The van der Waals surface area contributed by atoms with Crippen LogP contribution in [0.15, 0.2) is 0 Å². The van der Waals surface area contributed by atoms with Crippen molar-refractivity contribution in [2.75, 3.05) is 6.54 Å². The van der Waals surface area contributed by atoms with Gasteiger partial charge >= 0.3 is 0 Å². The van der Waals surface area contributed by atoms with E-state index in [2.05, 4.69) is 21.2 Å². The molecule has 0 aliphatic heterocycles. The van der Waals surface area contributed by atoms with Crippen LogP contribution < -0.4 is 5.32 Å². The van der Waals surface area contributed by atoms with Crippen LogP contribution in [0.25, 0.3) is 0 Å². The van der Waals surface area contributed by atoms with E-state index in [0.717, 1.165) is 30.7 Å². The summed E-state index contributed by atoms with van der Waals surface area (Å²) in [4.78, 5) is 12.8. The molecule has 0 aromatic heterocycles. The Kier molecular flexibility index (Phi) is 4.51. The Bertz CT molecular complexity index is 325. The van der Waals surface area contributed by atoms with E-state index in [1.165, 1.54) is 51.4 Å². The molecule has 3 heteroatoms. The zero-order valence-electron chi connectivity index (χ0n) is 11.7. The summed E-state index contributed by atoms with van der Waals surface area (Å²) in [5, 5.41) is 3.20. The monoisotopic (exact) mass is 327 g/mol. The molecule has 1 N–H and O–H groups in total. The molecule has 2 bridgehead atoms. The molecule has 0 spiro atoms. The van der Waals surface area contributed by atoms with Crippen LogP contribution in [0.4, 0.5) is 0 Å². The van der Waals surface area contributed by atoms with Gasteiger partial charge in [-0.3, -0.25) is 4.79 Å². The third kappa shape index (κ3) is 3.53. The van der Waals surface area contributed by atoms with Crippen LogP contribution in [-0.2, 0) is 4.79 Å². The van der Waals surface area contributed by atoms with Crippen molar-refractivity contribution in [2.24, 2.45) is 23.7 Å². The van der Waals surface area contributed by atoms with E-state index >= 15 is 0 Å². The van der Waals surface area contributed by atoms with Gasteiger partial charge in [-0.15, -0.1) is 0 Å². The van der Waals surface area contributed by atoms with E-state index in [0.29, 0.717) is 16.7 Å². The molecule has 3 unspecified atom stereocenters. The number of halogens is 1. The maximum atomic E-state index is 12.1. The molecule has 0 saturated heterocycles. The lowest BCUT2D eigenvalue weighted by molar-refractivity contribution is -0.122. The Hall–Kier alpha value is -0.0500. The van der Waals surface area contributed by atoms with Gasteiger partial charge in [0.25, 0.3) is 0 Å². The van der Waals surface area contributed by atoms with Gasteiger partial charge in [-0.25, -0.2) is 0 Å². The third-order valence-electron chi connectivity index (χ3n) is 5.70. The van der Waals surface area contributed by atoms with Crippen LogP contribution in [0.1, 0.15) is 57.8 Å². The lowest BCUT2D eigenvalue weighted by Crippen LogP contribution is -2.33. The molecule has 3 atom stereocenters. The van der Waals surface area contributed by atoms with Crippen LogP contribution in [0.3, 0.4) is 0 Å². The zero-order chi connectivity index (χ0) is 13.2. The average Bonchev–Trinajstić information content (AvgIpc) is 3.00. The summed E-state index contributed by atoms with van der Waals surface area (Å²) in [5.74, 6) is 3.57. The topological polar surface area (TPSA) is 29.1 Å². The normalized spacial score (nSPS) is 41.4. The van der Waals surface area contributed by atoms with Crippen molar-refractivity contribution < 1.29 is 4.79 Å². The smallest absolute Gasteiger partial charge is 0.220 e. The van der Waals surface area contributed by atoms with E-state index < -0.39 is 0 Å². The van der Waals surface area contributed by atoms with E-state index in [1.54, 1.807) is 0 Å². The highest BCUT2D eigenvalue weighted by Gasteiger charge is 2.40. The SMILES string of the molecule is O=C(CC1CC2CCC1C2)NCC1CCC(Br)CC1. The quantitative estimate of drug-likeness (QED) is 0.780. The van der Waals surface area contributed by atoms with Crippen molar-refractivity contribution in [2.45, 2.75) is 62.6 Å². The van der Waals surface area contributed by atoms with Gasteiger partial charge in [0.15, 0.2) is 0 Å². The zero-order valence-corrected chi connectivity index (χ0v) is 13.3. The number of fused-ring (bicyclic) bond motifs is 2. The second-order valence-corrected chi connectivity index (χ2v) is 8.36. The van der Waals surface area contributed by atoms with Gasteiger partial charge in [0.05, 0.1) is 0 Å². The first-order chi connectivity index (χ1) is 9.20. The average molecular weight is 328 g/mol. The van der Waals surface area contributed by atoms with Crippen molar-refractivity contribution in [3.8, 4) is 0 Å². The predicted octanol–water partition coefficient (Wildman–Crippen LogP) is 3.88. The molecule has 1 amide bonds. The molecular weight excluding hydrogens is 302 g/mol. The molecule has 2 nitrogen and oxygen atoms in total. The molecule has 0 heterocycles. The number of carbonyl (C=O) groups is 1. The van der Waals surface area contributed by atoms with Gasteiger partial charge in [-0.1, -0.05) is 22.4 Å². The first-order valence-corrected chi connectivity index (χ1v) is 9.03. The van der Waals surface area contributed by atoms with E-state index in [-0.39, 0.29) is 0 Å². The standard InChI is InChI=1S/C16H26BrNO/c17-15-5-2-11(3-6-15)10-18-16(19)9-14-8-12-1-4-13(14)7-12/h11-15H,1-10H2,(H,18,19). The summed E-state index contributed by atoms with van der Waals surface area (Å²) in [7, 11) is 0. The van der Waals surface area contributed by atoms with Gasteiger partial charge in [0.2, 0.25) is 5.91 Å². The summed E-state index contributed by atoms with van der Waals surface area (Å²) in [6, 6.07) is 0. The van der Waals surface area contributed by atoms with Gasteiger partial charge in [0, 0.05) is 17.8 Å². The number of carbonyl (C=O) groups excluding carboxylic acids is 1. The lowest BCUT2D eigenvalue weighted by atomic mass is 9.86.